The Hall–Kier alpha value is -1.79. The molecule has 1 aliphatic rings. The molecule has 0 atom stereocenters. The van der Waals surface area contributed by atoms with E-state index < -0.39 is 0 Å². The summed E-state index contributed by atoms with van der Waals surface area (Å²) in [6.07, 6.45) is 2.84. The molecule has 0 aromatic heterocycles. The van der Waals surface area contributed by atoms with Crippen molar-refractivity contribution in [3.05, 3.63) is 34.9 Å². The summed E-state index contributed by atoms with van der Waals surface area (Å²) in [6, 6.07) is 5.58. The Bertz CT molecular complexity index is 562. The minimum Gasteiger partial charge on any atom is -0.395 e. The molecule has 1 fully saturated rings. The Balaban J connectivity index is 2.09. The number of nitrogens with one attached hydrogen (secondary N) is 1. The Morgan fingerprint density at radius 2 is 2.20 bits per heavy atom. The maximum atomic E-state index is 12.2. The van der Waals surface area contributed by atoms with E-state index in [-0.39, 0.29) is 12.5 Å². The zero-order valence-corrected chi connectivity index (χ0v) is 12.1. The van der Waals surface area contributed by atoms with Crippen LogP contribution < -0.4 is 5.32 Å². The summed E-state index contributed by atoms with van der Waals surface area (Å²) in [5, 5.41) is 11.8. The van der Waals surface area contributed by atoms with Crippen molar-refractivity contribution in [3.8, 4) is 11.8 Å². The Morgan fingerprint density at radius 1 is 1.45 bits per heavy atom. The highest BCUT2D eigenvalue weighted by Gasteiger charge is 2.37. The van der Waals surface area contributed by atoms with Crippen molar-refractivity contribution in [1.82, 2.24) is 5.32 Å². The molecule has 1 aromatic rings. The van der Waals surface area contributed by atoms with E-state index in [2.05, 4.69) is 24.1 Å². The highest BCUT2D eigenvalue weighted by atomic mass is 16.2. The lowest BCUT2D eigenvalue weighted by atomic mass is 10.0. The van der Waals surface area contributed by atoms with Crippen molar-refractivity contribution < 1.29 is 9.90 Å². The third-order valence-electron chi connectivity index (χ3n) is 3.82. The number of hydrogen-bond acceptors (Lipinski definition) is 2. The molecule has 2 rings (SSSR count). The van der Waals surface area contributed by atoms with E-state index in [9.17, 15) is 4.79 Å². The maximum absolute atomic E-state index is 12.2. The molecule has 1 amide bonds. The lowest BCUT2D eigenvalue weighted by molar-refractivity contribution is 0.0945. The lowest BCUT2D eigenvalue weighted by Crippen LogP contribution is -2.29. The first-order valence-electron chi connectivity index (χ1n) is 7.03. The number of aliphatic hydroxyl groups excluding tert-OH is 1. The highest BCUT2D eigenvalue weighted by molar-refractivity contribution is 5.96. The maximum Gasteiger partial charge on any atom is 0.251 e. The van der Waals surface area contributed by atoms with Crippen LogP contribution in [0.2, 0.25) is 0 Å². The summed E-state index contributed by atoms with van der Waals surface area (Å²) in [5.41, 5.74) is 2.74. The van der Waals surface area contributed by atoms with Gasteiger partial charge in [0.2, 0.25) is 0 Å². The van der Waals surface area contributed by atoms with Gasteiger partial charge < -0.3 is 10.4 Å². The highest BCUT2D eigenvalue weighted by Crippen LogP contribution is 2.44. The molecule has 3 heteroatoms. The number of benzene rings is 1. The SMILES string of the molecule is Cc1c(C#CCCO)cccc1C(=O)NCC1(C)CC1. The normalized spacial score (nSPS) is 15.2. The van der Waals surface area contributed by atoms with Gasteiger partial charge in [-0.05, 0) is 42.9 Å². The lowest BCUT2D eigenvalue weighted by Gasteiger charge is -2.12. The molecule has 0 unspecified atom stereocenters. The van der Waals surface area contributed by atoms with Gasteiger partial charge in [-0.15, -0.1) is 0 Å². The van der Waals surface area contributed by atoms with Gasteiger partial charge in [0.25, 0.3) is 5.91 Å². The zero-order valence-electron chi connectivity index (χ0n) is 12.1. The van der Waals surface area contributed by atoms with Gasteiger partial charge in [-0.25, -0.2) is 0 Å². The Labute approximate surface area is 120 Å². The molecule has 106 valence electrons. The molecule has 0 radical (unpaired) electrons. The number of rotatable bonds is 4. The molecule has 3 nitrogen and oxygen atoms in total. The number of amides is 1. The van der Waals surface area contributed by atoms with Crippen LogP contribution >= 0.6 is 0 Å². The fraction of sp³-hybridized carbons (Fsp3) is 0.471. The van der Waals surface area contributed by atoms with E-state index >= 15 is 0 Å². The van der Waals surface area contributed by atoms with Gasteiger partial charge in [-0.3, -0.25) is 4.79 Å². The van der Waals surface area contributed by atoms with Crippen molar-refractivity contribution in [1.29, 1.82) is 0 Å². The van der Waals surface area contributed by atoms with Crippen LogP contribution in [-0.4, -0.2) is 24.2 Å². The molecule has 0 bridgehead atoms. The summed E-state index contributed by atoms with van der Waals surface area (Å²) in [7, 11) is 0. The van der Waals surface area contributed by atoms with Crippen molar-refractivity contribution in [2.75, 3.05) is 13.2 Å². The second-order valence-electron chi connectivity index (χ2n) is 5.75. The van der Waals surface area contributed by atoms with E-state index in [0.717, 1.165) is 17.7 Å². The second kappa shape index (κ2) is 6.11. The van der Waals surface area contributed by atoms with E-state index in [4.69, 9.17) is 5.11 Å². The summed E-state index contributed by atoms with van der Waals surface area (Å²) in [4.78, 5) is 12.2. The predicted molar refractivity (Wildman–Crippen MR) is 79.4 cm³/mol. The Morgan fingerprint density at radius 3 is 2.85 bits per heavy atom. The molecule has 1 saturated carbocycles. The van der Waals surface area contributed by atoms with Crippen molar-refractivity contribution >= 4 is 5.91 Å². The van der Waals surface area contributed by atoms with E-state index in [0.29, 0.717) is 17.4 Å². The minimum atomic E-state index is -0.0265. The molecule has 2 N–H and O–H groups in total. The zero-order chi connectivity index (χ0) is 14.6. The van der Waals surface area contributed by atoms with E-state index in [1.165, 1.54) is 12.8 Å². The average Bonchev–Trinajstić information content (AvgIpc) is 3.17. The van der Waals surface area contributed by atoms with Crippen LogP contribution in [0, 0.1) is 24.2 Å². The quantitative estimate of drug-likeness (QED) is 0.825. The van der Waals surface area contributed by atoms with Crippen molar-refractivity contribution in [2.24, 2.45) is 5.41 Å². The first kappa shape index (κ1) is 14.6. The number of aliphatic hydroxyl groups is 1. The van der Waals surface area contributed by atoms with Crippen LogP contribution in [-0.2, 0) is 0 Å². The standard InChI is InChI=1S/C17H21NO2/c1-13-14(6-3-4-11-19)7-5-8-15(13)16(20)18-12-17(2)9-10-17/h5,7-8,19H,4,9-12H2,1-2H3,(H,18,20). The van der Waals surface area contributed by atoms with Crippen LogP contribution in [0.3, 0.4) is 0 Å². The largest absolute Gasteiger partial charge is 0.395 e. The molecular formula is C17H21NO2. The monoisotopic (exact) mass is 271 g/mol. The molecule has 0 saturated heterocycles. The van der Waals surface area contributed by atoms with Crippen LogP contribution in [0.4, 0.5) is 0 Å². The fourth-order valence-corrected chi connectivity index (χ4v) is 2.01. The van der Waals surface area contributed by atoms with Crippen LogP contribution in [0.1, 0.15) is 47.7 Å². The van der Waals surface area contributed by atoms with Crippen LogP contribution in [0.25, 0.3) is 0 Å². The number of carbonyl (C=O) groups excluding carboxylic acids is 1. The third-order valence-corrected chi connectivity index (χ3v) is 3.82. The van der Waals surface area contributed by atoms with E-state index in [1.807, 2.05) is 25.1 Å². The first-order chi connectivity index (χ1) is 9.56. The van der Waals surface area contributed by atoms with Gasteiger partial charge in [0.15, 0.2) is 0 Å². The van der Waals surface area contributed by atoms with Gasteiger partial charge in [0.05, 0.1) is 6.61 Å². The molecule has 20 heavy (non-hydrogen) atoms. The molecule has 1 aromatic carbocycles. The second-order valence-corrected chi connectivity index (χ2v) is 5.75. The van der Waals surface area contributed by atoms with Gasteiger partial charge in [0, 0.05) is 24.1 Å². The minimum absolute atomic E-state index is 0.0265. The van der Waals surface area contributed by atoms with Crippen LogP contribution in [0.15, 0.2) is 18.2 Å². The topological polar surface area (TPSA) is 49.3 Å². The van der Waals surface area contributed by atoms with Crippen molar-refractivity contribution in [3.63, 3.8) is 0 Å². The van der Waals surface area contributed by atoms with Crippen LogP contribution in [0.5, 0.6) is 0 Å². The first-order valence-corrected chi connectivity index (χ1v) is 7.03. The number of hydrogen-bond donors (Lipinski definition) is 2. The molecule has 0 heterocycles. The third kappa shape index (κ3) is 3.61. The van der Waals surface area contributed by atoms with Gasteiger partial charge >= 0.3 is 0 Å². The summed E-state index contributed by atoms with van der Waals surface area (Å²) in [6.45, 7) is 4.91. The van der Waals surface area contributed by atoms with Gasteiger partial charge in [-0.1, -0.05) is 24.8 Å². The summed E-state index contributed by atoms with van der Waals surface area (Å²) in [5.74, 6) is 5.87. The number of carbonyl (C=O) groups is 1. The van der Waals surface area contributed by atoms with Gasteiger partial charge in [0.1, 0.15) is 0 Å². The van der Waals surface area contributed by atoms with E-state index in [1.54, 1.807) is 0 Å². The predicted octanol–water partition coefficient (Wildman–Crippen LogP) is 2.26. The summed E-state index contributed by atoms with van der Waals surface area (Å²) < 4.78 is 0. The fourth-order valence-electron chi connectivity index (χ4n) is 2.01. The molecule has 0 spiro atoms. The average molecular weight is 271 g/mol. The van der Waals surface area contributed by atoms with Crippen molar-refractivity contribution in [2.45, 2.75) is 33.1 Å². The Kier molecular flexibility index (Phi) is 4.46. The molecule has 1 aliphatic carbocycles. The molecule has 0 aliphatic heterocycles. The smallest absolute Gasteiger partial charge is 0.251 e. The summed E-state index contributed by atoms with van der Waals surface area (Å²) >= 11 is 0. The molecular weight excluding hydrogens is 250 g/mol. The van der Waals surface area contributed by atoms with Gasteiger partial charge in [-0.2, -0.15) is 0 Å².